The molecule has 2 rings (SSSR count). The van der Waals surface area contributed by atoms with Crippen LogP contribution in [0.25, 0.3) is 0 Å². The molecule has 0 spiro atoms. The molecule has 5 nitrogen and oxygen atoms in total. The number of hydrogen-bond donors (Lipinski definition) is 1. The molecule has 5 heteroatoms. The zero-order valence-electron chi connectivity index (χ0n) is 7.10. The SMILES string of the molecule is CC(C)N1C=C2N=CC=NN2N1. The van der Waals surface area contributed by atoms with Gasteiger partial charge in [0.05, 0.1) is 12.4 Å². The number of hydrazone groups is 1. The van der Waals surface area contributed by atoms with Crippen LogP contribution in [0.3, 0.4) is 0 Å². The predicted octanol–water partition coefficient (Wildman–Crippen LogP) is 0.301. The Hall–Kier alpha value is -1.36. The molecule has 0 saturated heterocycles. The Morgan fingerprint density at radius 1 is 1.42 bits per heavy atom. The van der Waals surface area contributed by atoms with Crippen LogP contribution in [0.5, 0.6) is 0 Å². The van der Waals surface area contributed by atoms with Crippen molar-refractivity contribution in [3.63, 3.8) is 0 Å². The molecule has 64 valence electrons. The minimum Gasteiger partial charge on any atom is -0.290 e. The van der Waals surface area contributed by atoms with E-state index in [1.807, 2.05) is 11.2 Å². The second-order valence-corrected chi connectivity index (χ2v) is 2.94. The minimum atomic E-state index is 0.397. The number of aliphatic imine (C=N–C) groups is 1. The minimum absolute atomic E-state index is 0.397. The molecule has 0 aromatic rings. The molecule has 1 N–H and O–H groups in total. The van der Waals surface area contributed by atoms with Crippen LogP contribution in [-0.4, -0.2) is 28.6 Å². The lowest BCUT2D eigenvalue weighted by Crippen LogP contribution is -2.41. The predicted molar refractivity (Wildman–Crippen MR) is 47.0 cm³/mol. The quantitative estimate of drug-likeness (QED) is 0.607. The number of hydrogen-bond acceptors (Lipinski definition) is 5. The fraction of sp³-hybridized carbons (Fsp3) is 0.429. The summed E-state index contributed by atoms with van der Waals surface area (Å²) in [6, 6.07) is 0.397. The highest BCUT2D eigenvalue weighted by atomic mass is 15.9. The van der Waals surface area contributed by atoms with Crippen molar-refractivity contribution in [1.82, 2.24) is 15.7 Å². The molecule has 0 aromatic heterocycles. The van der Waals surface area contributed by atoms with Gasteiger partial charge in [-0.2, -0.15) is 10.2 Å². The molecule has 0 aliphatic carbocycles. The highest BCUT2D eigenvalue weighted by Crippen LogP contribution is 2.15. The number of fused-ring (bicyclic) bond motifs is 1. The summed E-state index contributed by atoms with van der Waals surface area (Å²) in [7, 11) is 0. The van der Waals surface area contributed by atoms with Crippen LogP contribution >= 0.6 is 0 Å². The Balaban J connectivity index is 2.17. The van der Waals surface area contributed by atoms with Crippen molar-refractivity contribution >= 4 is 12.4 Å². The maximum absolute atomic E-state index is 4.13. The maximum Gasteiger partial charge on any atom is 0.185 e. The Morgan fingerprint density at radius 2 is 2.25 bits per heavy atom. The normalized spacial score (nSPS) is 20.4. The summed E-state index contributed by atoms with van der Waals surface area (Å²) in [6.07, 6.45) is 5.25. The molecule has 0 radical (unpaired) electrons. The van der Waals surface area contributed by atoms with Crippen LogP contribution in [-0.2, 0) is 0 Å². The van der Waals surface area contributed by atoms with Crippen LogP contribution < -0.4 is 5.53 Å². The Morgan fingerprint density at radius 3 is 2.92 bits per heavy atom. The lowest BCUT2D eigenvalue weighted by Gasteiger charge is -2.22. The number of nitrogens with zero attached hydrogens (tertiary/aromatic N) is 4. The zero-order chi connectivity index (χ0) is 8.55. The highest BCUT2D eigenvalue weighted by molar-refractivity contribution is 6.16. The van der Waals surface area contributed by atoms with Gasteiger partial charge in [-0.25, -0.2) is 4.99 Å². The van der Waals surface area contributed by atoms with E-state index in [1.165, 1.54) is 0 Å². The van der Waals surface area contributed by atoms with E-state index in [0.717, 1.165) is 5.82 Å². The lowest BCUT2D eigenvalue weighted by atomic mass is 10.4. The molecule has 0 amide bonds. The first-order valence-corrected chi connectivity index (χ1v) is 3.90. The highest BCUT2D eigenvalue weighted by Gasteiger charge is 2.21. The van der Waals surface area contributed by atoms with Crippen LogP contribution in [0.15, 0.2) is 22.1 Å². The molecule has 0 fully saturated rings. The van der Waals surface area contributed by atoms with Gasteiger partial charge in [-0.1, -0.05) is 0 Å². The summed E-state index contributed by atoms with van der Waals surface area (Å²) in [5, 5.41) is 7.65. The summed E-state index contributed by atoms with van der Waals surface area (Å²) >= 11 is 0. The first-order chi connectivity index (χ1) is 5.77. The van der Waals surface area contributed by atoms with Crippen molar-refractivity contribution < 1.29 is 0 Å². The van der Waals surface area contributed by atoms with Gasteiger partial charge in [0.2, 0.25) is 0 Å². The van der Waals surface area contributed by atoms with Gasteiger partial charge in [-0.3, -0.25) is 5.01 Å². The monoisotopic (exact) mass is 165 g/mol. The molecule has 2 heterocycles. The lowest BCUT2D eigenvalue weighted by molar-refractivity contribution is 0.107. The standard InChI is InChI=1S/C7H11N5/c1-6(2)11-5-7-8-3-4-9-12(7)10-11/h3-6,10H,1-2H3. The van der Waals surface area contributed by atoms with Gasteiger partial charge in [-0.15, -0.1) is 5.53 Å². The fourth-order valence-electron chi connectivity index (χ4n) is 1.01. The van der Waals surface area contributed by atoms with Crippen LogP contribution in [0.4, 0.5) is 0 Å². The zero-order valence-corrected chi connectivity index (χ0v) is 7.10. The van der Waals surface area contributed by atoms with Crippen molar-refractivity contribution in [3.8, 4) is 0 Å². The van der Waals surface area contributed by atoms with E-state index in [2.05, 4.69) is 29.5 Å². The summed E-state index contributed by atoms with van der Waals surface area (Å²) < 4.78 is 0. The molecule has 0 aromatic carbocycles. The smallest absolute Gasteiger partial charge is 0.185 e. The summed E-state index contributed by atoms with van der Waals surface area (Å²) in [5.41, 5.74) is 3.05. The van der Waals surface area contributed by atoms with Crippen molar-refractivity contribution in [1.29, 1.82) is 0 Å². The topological polar surface area (TPSA) is 43.2 Å². The van der Waals surface area contributed by atoms with Gasteiger partial charge in [0.15, 0.2) is 5.82 Å². The first kappa shape index (κ1) is 7.30. The Labute approximate surface area is 71.0 Å². The third-order valence-corrected chi connectivity index (χ3v) is 1.69. The van der Waals surface area contributed by atoms with E-state index in [4.69, 9.17) is 0 Å². The fourth-order valence-corrected chi connectivity index (χ4v) is 1.01. The van der Waals surface area contributed by atoms with Crippen LogP contribution in [0.1, 0.15) is 13.8 Å². The molecule has 2 aliphatic rings. The number of nitrogens with one attached hydrogen (secondary N) is 1. The van der Waals surface area contributed by atoms with Crippen molar-refractivity contribution in [3.05, 3.63) is 12.0 Å². The summed E-state index contributed by atoms with van der Waals surface area (Å²) in [5.74, 6) is 0.825. The molecule has 0 unspecified atom stereocenters. The third-order valence-electron chi connectivity index (χ3n) is 1.69. The number of rotatable bonds is 1. The van der Waals surface area contributed by atoms with E-state index < -0.39 is 0 Å². The van der Waals surface area contributed by atoms with E-state index >= 15 is 0 Å². The van der Waals surface area contributed by atoms with Gasteiger partial charge < -0.3 is 0 Å². The van der Waals surface area contributed by atoms with E-state index in [9.17, 15) is 0 Å². The molecule has 2 aliphatic heterocycles. The van der Waals surface area contributed by atoms with Crippen molar-refractivity contribution in [2.24, 2.45) is 10.1 Å². The maximum atomic E-state index is 4.13. The van der Waals surface area contributed by atoms with Crippen LogP contribution in [0.2, 0.25) is 0 Å². The number of hydrazine groups is 2. The summed E-state index contributed by atoms with van der Waals surface area (Å²) in [4.78, 5) is 4.13. The Bertz CT molecular complexity index is 265. The molecule has 0 atom stereocenters. The largest absolute Gasteiger partial charge is 0.290 e. The second kappa shape index (κ2) is 2.60. The van der Waals surface area contributed by atoms with E-state index in [-0.39, 0.29) is 0 Å². The Kier molecular flexibility index (Phi) is 1.58. The van der Waals surface area contributed by atoms with Crippen molar-refractivity contribution in [2.45, 2.75) is 19.9 Å². The third kappa shape index (κ3) is 1.08. The second-order valence-electron chi connectivity index (χ2n) is 2.94. The van der Waals surface area contributed by atoms with Crippen molar-refractivity contribution in [2.75, 3.05) is 0 Å². The van der Waals surface area contributed by atoms with Gasteiger partial charge in [-0.05, 0) is 13.8 Å². The van der Waals surface area contributed by atoms with E-state index in [0.29, 0.717) is 6.04 Å². The van der Waals surface area contributed by atoms with Gasteiger partial charge >= 0.3 is 0 Å². The van der Waals surface area contributed by atoms with Gasteiger partial charge in [0.25, 0.3) is 0 Å². The van der Waals surface area contributed by atoms with Gasteiger partial charge in [0.1, 0.15) is 0 Å². The molecular weight excluding hydrogens is 154 g/mol. The first-order valence-electron chi connectivity index (χ1n) is 3.90. The molecule has 12 heavy (non-hydrogen) atoms. The average Bonchev–Trinajstić information content (AvgIpc) is 2.46. The molecule has 0 bridgehead atoms. The summed E-state index contributed by atoms with van der Waals surface area (Å²) in [6.45, 7) is 4.19. The van der Waals surface area contributed by atoms with Crippen LogP contribution in [0, 0.1) is 0 Å². The average molecular weight is 165 g/mol. The molecule has 0 saturated carbocycles. The van der Waals surface area contributed by atoms with E-state index in [1.54, 1.807) is 17.5 Å². The van der Waals surface area contributed by atoms with Gasteiger partial charge in [0, 0.05) is 12.3 Å². The molecular formula is C7H11N5.